The van der Waals surface area contributed by atoms with E-state index >= 15 is 0 Å². The lowest BCUT2D eigenvalue weighted by molar-refractivity contribution is 0.0927. The zero-order valence-electron chi connectivity index (χ0n) is 9.73. The van der Waals surface area contributed by atoms with Crippen molar-refractivity contribution in [3.63, 3.8) is 0 Å². The first kappa shape index (κ1) is 12.9. The molecule has 88 valence electrons. The SMILES string of the molecule is CC[C@@H](C)C(=O)c1ccc(S(C)(=O)=O)cc1. The summed E-state index contributed by atoms with van der Waals surface area (Å²) >= 11 is 0. The van der Waals surface area contributed by atoms with Crippen LogP contribution in [-0.2, 0) is 9.84 Å². The molecule has 0 amide bonds. The van der Waals surface area contributed by atoms with Gasteiger partial charge in [-0.1, -0.05) is 26.0 Å². The van der Waals surface area contributed by atoms with E-state index in [1.54, 1.807) is 12.1 Å². The molecule has 0 aliphatic heterocycles. The molecule has 0 fully saturated rings. The average molecular weight is 240 g/mol. The maximum atomic E-state index is 11.8. The Morgan fingerprint density at radius 1 is 1.25 bits per heavy atom. The lowest BCUT2D eigenvalue weighted by atomic mass is 9.97. The fraction of sp³-hybridized carbons (Fsp3) is 0.417. The summed E-state index contributed by atoms with van der Waals surface area (Å²) in [7, 11) is -3.18. The number of benzene rings is 1. The van der Waals surface area contributed by atoms with Gasteiger partial charge in [0.05, 0.1) is 4.90 Å². The lowest BCUT2D eigenvalue weighted by Gasteiger charge is -2.07. The quantitative estimate of drug-likeness (QED) is 0.759. The summed E-state index contributed by atoms with van der Waals surface area (Å²) in [6.45, 7) is 3.82. The van der Waals surface area contributed by atoms with Crippen molar-refractivity contribution < 1.29 is 13.2 Å². The van der Waals surface area contributed by atoms with Crippen LogP contribution in [-0.4, -0.2) is 20.5 Å². The van der Waals surface area contributed by atoms with Gasteiger partial charge in [-0.25, -0.2) is 8.42 Å². The molecular formula is C12H16O3S. The summed E-state index contributed by atoms with van der Waals surface area (Å²) in [4.78, 5) is 12.0. The number of ketones is 1. The van der Waals surface area contributed by atoms with Gasteiger partial charge in [0.2, 0.25) is 0 Å². The van der Waals surface area contributed by atoms with Crippen LogP contribution in [0.1, 0.15) is 30.6 Å². The molecule has 1 rings (SSSR count). The van der Waals surface area contributed by atoms with E-state index in [2.05, 4.69) is 0 Å². The van der Waals surface area contributed by atoms with Gasteiger partial charge in [-0.15, -0.1) is 0 Å². The van der Waals surface area contributed by atoms with E-state index in [1.807, 2.05) is 13.8 Å². The molecule has 0 spiro atoms. The van der Waals surface area contributed by atoms with Gasteiger partial charge < -0.3 is 0 Å². The van der Waals surface area contributed by atoms with Gasteiger partial charge in [-0.2, -0.15) is 0 Å². The van der Waals surface area contributed by atoms with E-state index in [0.717, 1.165) is 12.7 Å². The molecule has 0 heterocycles. The summed E-state index contributed by atoms with van der Waals surface area (Å²) in [6, 6.07) is 6.10. The molecule has 0 radical (unpaired) electrons. The van der Waals surface area contributed by atoms with E-state index in [4.69, 9.17) is 0 Å². The molecule has 1 aromatic rings. The maximum Gasteiger partial charge on any atom is 0.175 e. The standard InChI is InChI=1S/C12H16O3S/c1-4-9(2)12(13)10-5-7-11(8-6-10)16(3,14)15/h5-9H,4H2,1-3H3/t9-/m1/s1. The topological polar surface area (TPSA) is 51.2 Å². The lowest BCUT2D eigenvalue weighted by Crippen LogP contribution is -2.10. The zero-order valence-corrected chi connectivity index (χ0v) is 10.5. The van der Waals surface area contributed by atoms with Crippen LogP contribution >= 0.6 is 0 Å². The summed E-state index contributed by atoms with van der Waals surface area (Å²) in [5, 5.41) is 0. The van der Waals surface area contributed by atoms with Crippen molar-refractivity contribution in [1.82, 2.24) is 0 Å². The van der Waals surface area contributed by atoms with Crippen molar-refractivity contribution in [2.75, 3.05) is 6.26 Å². The van der Waals surface area contributed by atoms with Crippen molar-refractivity contribution in [3.8, 4) is 0 Å². The highest BCUT2D eigenvalue weighted by atomic mass is 32.2. The van der Waals surface area contributed by atoms with E-state index in [1.165, 1.54) is 12.1 Å². The van der Waals surface area contributed by atoms with Crippen LogP contribution in [0.15, 0.2) is 29.2 Å². The number of carbonyl (C=O) groups is 1. The van der Waals surface area contributed by atoms with Crippen molar-refractivity contribution in [3.05, 3.63) is 29.8 Å². The Hall–Kier alpha value is -1.16. The van der Waals surface area contributed by atoms with Crippen LogP contribution in [0.2, 0.25) is 0 Å². The maximum absolute atomic E-state index is 11.8. The van der Waals surface area contributed by atoms with Gasteiger partial charge in [-0.3, -0.25) is 4.79 Å². The average Bonchev–Trinajstić information content (AvgIpc) is 2.26. The minimum Gasteiger partial charge on any atom is -0.294 e. The van der Waals surface area contributed by atoms with Crippen LogP contribution in [0.5, 0.6) is 0 Å². The number of hydrogen-bond donors (Lipinski definition) is 0. The highest BCUT2D eigenvalue weighted by Gasteiger charge is 2.14. The molecular weight excluding hydrogens is 224 g/mol. The van der Waals surface area contributed by atoms with Gasteiger partial charge in [0.25, 0.3) is 0 Å². The van der Waals surface area contributed by atoms with Crippen LogP contribution in [0, 0.1) is 5.92 Å². The molecule has 0 N–H and O–H groups in total. The van der Waals surface area contributed by atoms with E-state index in [-0.39, 0.29) is 16.6 Å². The smallest absolute Gasteiger partial charge is 0.175 e. The normalized spacial score (nSPS) is 13.4. The Labute approximate surface area is 96.4 Å². The highest BCUT2D eigenvalue weighted by molar-refractivity contribution is 7.90. The third kappa shape index (κ3) is 2.92. The second-order valence-electron chi connectivity index (χ2n) is 3.97. The van der Waals surface area contributed by atoms with E-state index in [9.17, 15) is 13.2 Å². The Morgan fingerprint density at radius 3 is 2.12 bits per heavy atom. The number of rotatable bonds is 4. The Bertz CT molecular complexity index is 471. The molecule has 0 aliphatic rings. The molecule has 3 nitrogen and oxygen atoms in total. The first-order chi connectivity index (χ1) is 7.36. The van der Waals surface area contributed by atoms with E-state index in [0.29, 0.717) is 5.56 Å². The third-order valence-electron chi connectivity index (χ3n) is 2.63. The van der Waals surface area contributed by atoms with Crippen molar-refractivity contribution in [2.24, 2.45) is 5.92 Å². The molecule has 0 aromatic heterocycles. The summed E-state index contributed by atoms with van der Waals surface area (Å²) < 4.78 is 22.4. The zero-order chi connectivity index (χ0) is 12.3. The number of hydrogen-bond acceptors (Lipinski definition) is 3. The summed E-state index contributed by atoms with van der Waals surface area (Å²) in [6.07, 6.45) is 1.94. The fourth-order valence-corrected chi connectivity index (χ4v) is 1.97. The first-order valence-corrected chi connectivity index (χ1v) is 7.09. The fourth-order valence-electron chi connectivity index (χ4n) is 1.34. The second kappa shape index (κ2) is 4.78. The van der Waals surface area contributed by atoms with Gasteiger partial charge in [0.15, 0.2) is 15.6 Å². The van der Waals surface area contributed by atoms with Crippen molar-refractivity contribution in [1.29, 1.82) is 0 Å². The van der Waals surface area contributed by atoms with Gasteiger partial charge in [-0.05, 0) is 18.6 Å². The number of Topliss-reactive ketones (excluding diaryl/α,β-unsaturated/α-hetero) is 1. The first-order valence-electron chi connectivity index (χ1n) is 5.20. The largest absolute Gasteiger partial charge is 0.294 e. The van der Waals surface area contributed by atoms with Gasteiger partial charge in [0.1, 0.15) is 0 Å². The van der Waals surface area contributed by atoms with Crippen LogP contribution in [0.4, 0.5) is 0 Å². The van der Waals surface area contributed by atoms with Crippen LogP contribution in [0.3, 0.4) is 0 Å². The Kier molecular flexibility index (Phi) is 3.86. The molecule has 0 aliphatic carbocycles. The molecule has 1 aromatic carbocycles. The van der Waals surface area contributed by atoms with Gasteiger partial charge >= 0.3 is 0 Å². The molecule has 0 saturated heterocycles. The monoisotopic (exact) mass is 240 g/mol. The van der Waals surface area contributed by atoms with E-state index < -0.39 is 9.84 Å². The van der Waals surface area contributed by atoms with Crippen LogP contribution < -0.4 is 0 Å². The molecule has 0 bridgehead atoms. The number of carbonyl (C=O) groups excluding carboxylic acids is 1. The second-order valence-corrected chi connectivity index (χ2v) is 5.99. The van der Waals surface area contributed by atoms with Crippen LogP contribution in [0.25, 0.3) is 0 Å². The Balaban J connectivity index is 3.00. The highest BCUT2D eigenvalue weighted by Crippen LogP contribution is 2.15. The molecule has 0 saturated carbocycles. The van der Waals surface area contributed by atoms with Crippen molar-refractivity contribution in [2.45, 2.75) is 25.2 Å². The molecule has 1 atom stereocenters. The summed E-state index contributed by atoms with van der Waals surface area (Å²) in [5.41, 5.74) is 0.571. The predicted molar refractivity (Wildman–Crippen MR) is 63.3 cm³/mol. The minimum absolute atomic E-state index is 0.0240. The molecule has 4 heteroatoms. The Morgan fingerprint density at radius 2 is 1.75 bits per heavy atom. The van der Waals surface area contributed by atoms with Gasteiger partial charge in [0, 0.05) is 17.7 Å². The number of sulfone groups is 1. The predicted octanol–water partition coefficient (Wildman–Crippen LogP) is 2.32. The summed E-state index contributed by atoms with van der Waals surface area (Å²) in [5.74, 6) is 0.0339. The third-order valence-corrected chi connectivity index (χ3v) is 3.76. The van der Waals surface area contributed by atoms with Crippen molar-refractivity contribution >= 4 is 15.6 Å². The molecule has 16 heavy (non-hydrogen) atoms. The molecule has 0 unspecified atom stereocenters. The minimum atomic E-state index is -3.18.